The Kier molecular flexibility index (Phi) is 3.86. The summed E-state index contributed by atoms with van der Waals surface area (Å²) in [6, 6.07) is 5.11. The number of nitrogens with zero attached hydrogens (tertiary/aromatic N) is 1. The zero-order valence-corrected chi connectivity index (χ0v) is 10.8. The van der Waals surface area contributed by atoms with Gasteiger partial charge in [0, 0.05) is 23.2 Å². The van der Waals surface area contributed by atoms with Gasteiger partial charge in [0.05, 0.1) is 0 Å². The average molecular weight is 250 g/mol. The van der Waals surface area contributed by atoms with Gasteiger partial charge in [-0.3, -0.25) is 0 Å². The summed E-state index contributed by atoms with van der Waals surface area (Å²) in [4.78, 5) is 5.56. The first-order chi connectivity index (χ1) is 8.20. The van der Waals surface area contributed by atoms with Crippen LogP contribution in [-0.4, -0.2) is 11.5 Å². The molecule has 0 unspecified atom stereocenters. The molecule has 0 fully saturated rings. The summed E-state index contributed by atoms with van der Waals surface area (Å²) in [5, 5.41) is 4.21. The molecule has 1 aromatic carbocycles. The molecule has 0 aliphatic heterocycles. The third kappa shape index (κ3) is 2.90. The number of thiazole rings is 1. The third-order valence-corrected chi connectivity index (χ3v) is 3.55. The van der Waals surface area contributed by atoms with E-state index in [4.69, 9.17) is 0 Å². The number of nitrogens with one attached hydrogen (secondary N) is 1. The van der Waals surface area contributed by atoms with Crippen molar-refractivity contribution in [1.82, 2.24) is 10.3 Å². The molecule has 0 aliphatic rings. The first-order valence-electron chi connectivity index (χ1n) is 5.62. The summed E-state index contributed by atoms with van der Waals surface area (Å²) in [7, 11) is 0. The van der Waals surface area contributed by atoms with E-state index in [0.717, 1.165) is 23.7 Å². The summed E-state index contributed by atoms with van der Waals surface area (Å²) in [5.41, 5.74) is 1.64. The van der Waals surface area contributed by atoms with Crippen LogP contribution in [-0.2, 0) is 6.54 Å². The van der Waals surface area contributed by atoms with Gasteiger partial charge in [-0.25, -0.2) is 9.37 Å². The van der Waals surface area contributed by atoms with Gasteiger partial charge in [-0.2, -0.15) is 0 Å². The zero-order chi connectivity index (χ0) is 12.3. The fourth-order valence-electron chi connectivity index (χ4n) is 1.55. The van der Waals surface area contributed by atoms with Crippen LogP contribution in [0.1, 0.15) is 17.4 Å². The van der Waals surface area contributed by atoms with E-state index in [2.05, 4.69) is 17.2 Å². The van der Waals surface area contributed by atoms with Crippen molar-refractivity contribution in [1.29, 1.82) is 0 Å². The van der Waals surface area contributed by atoms with Crippen LogP contribution in [0.15, 0.2) is 24.4 Å². The molecule has 0 saturated carbocycles. The molecular formula is C13H15FN2S. The predicted molar refractivity (Wildman–Crippen MR) is 69.6 cm³/mol. The highest BCUT2D eigenvalue weighted by Crippen LogP contribution is 2.26. The molecule has 0 spiro atoms. The van der Waals surface area contributed by atoms with Gasteiger partial charge in [-0.1, -0.05) is 6.92 Å². The van der Waals surface area contributed by atoms with Crippen LogP contribution in [0.2, 0.25) is 0 Å². The minimum atomic E-state index is -0.168. The number of aryl methyl sites for hydroxylation is 1. The maximum atomic E-state index is 13.2. The molecule has 0 radical (unpaired) electrons. The highest BCUT2D eigenvalue weighted by molar-refractivity contribution is 7.15. The SMILES string of the molecule is CCNCc1cnc(-c2ccc(F)c(C)c2)s1. The number of halogens is 1. The molecule has 4 heteroatoms. The Labute approximate surface area is 105 Å². The standard InChI is InChI=1S/C13H15FN2S/c1-3-15-7-11-8-16-13(17-11)10-4-5-12(14)9(2)6-10/h4-6,8,15H,3,7H2,1-2H3. The molecule has 2 rings (SSSR count). The second kappa shape index (κ2) is 5.38. The van der Waals surface area contributed by atoms with Crippen LogP contribution < -0.4 is 5.32 Å². The van der Waals surface area contributed by atoms with E-state index in [1.807, 2.05) is 12.3 Å². The number of hydrogen-bond donors (Lipinski definition) is 1. The van der Waals surface area contributed by atoms with Crippen LogP contribution in [0, 0.1) is 12.7 Å². The summed E-state index contributed by atoms with van der Waals surface area (Å²) in [5.74, 6) is -0.168. The van der Waals surface area contributed by atoms with E-state index < -0.39 is 0 Å². The highest BCUT2D eigenvalue weighted by Gasteiger charge is 2.06. The van der Waals surface area contributed by atoms with Crippen molar-refractivity contribution in [3.63, 3.8) is 0 Å². The second-order valence-corrected chi connectivity index (χ2v) is 4.99. The third-order valence-electron chi connectivity index (χ3n) is 2.51. The lowest BCUT2D eigenvalue weighted by Crippen LogP contribution is -2.10. The molecule has 0 amide bonds. The topological polar surface area (TPSA) is 24.9 Å². The summed E-state index contributed by atoms with van der Waals surface area (Å²) >= 11 is 1.64. The summed E-state index contributed by atoms with van der Waals surface area (Å²) in [6.45, 7) is 5.63. The molecule has 0 aliphatic carbocycles. The van der Waals surface area contributed by atoms with Gasteiger partial charge in [0.1, 0.15) is 10.8 Å². The maximum absolute atomic E-state index is 13.2. The fourth-order valence-corrected chi connectivity index (χ4v) is 2.43. The van der Waals surface area contributed by atoms with Crippen LogP contribution in [0.3, 0.4) is 0 Å². The normalized spacial score (nSPS) is 10.8. The van der Waals surface area contributed by atoms with Gasteiger partial charge >= 0.3 is 0 Å². The summed E-state index contributed by atoms with van der Waals surface area (Å²) < 4.78 is 13.2. The lowest BCUT2D eigenvalue weighted by molar-refractivity contribution is 0.619. The van der Waals surface area contributed by atoms with E-state index in [0.29, 0.717) is 5.56 Å². The van der Waals surface area contributed by atoms with Gasteiger partial charge in [0.2, 0.25) is 0 Å². The zero-order valence-electron chi connectivity index (χ0n) is 9.96. The molecule has 17 heavy (non-hydrogen) atoms. The van der Waals surface area contributed by atoms with Crippen LogP contribution in [0.4, 0.5) is 4.39 Å². The smallest absolute Gasteiger partial charge is 0.126 e. The van der Waals surface area contributed by atoms with Crippen molar-refractivity contribution in [3.8, 4) is 10.6 Å². The highest BCUT2D eigenvalue weighted by atomic mass is 32.1. The Balaban J connectivity index is 2.21. The van der Waals surface area contributed by atoms with Crippen molar-refractivity contribution < 1.29 is 4.39 Å². The Bertz CT molecular complexity index is 508. The van der Waals surface area contributed by atoms with Crippen LogP contribution in [0.25, 0.3) is 10.6 Å². The second-order valence-electron chi connectivity index (χ2n) is 3.88. The molecule has 1 heterocycles. The van der Waals surface area contributed by atoms with Gasteiger partial charge in [-0.05, 0) is 37.2 Å². The van der Waals surface area contributed by atoms with Gasteiger partial charge in [0.25, 0.3) is 0 Å². The number of rotatable bonds is 4. The average Bonchev–Trinajstić information content (AvgIpc) is 2.79. The molecule has 0 atom stereocenters. The van der Waals surface area contributed by atoms with Crippen molar-refractivity contribution in [3.05, 3.63) is 40.7 Å². The van der Waals surface area contributed by atoms with Gasteiger partial charge in [-0.15, -0.1) is 11.3 Å². The Hall–Kier alpha value is -1.26. The minimum absolute atomic E-state index is 0.168. The van der Waals surface area contributed by atoms with Crippen LogP contribution in [0.5, 0.6) is 0 Å². The molecule has 2 aromatic rings. The maximum Gasteiger partial charge on any atom is 0.126 e. The van der Waals surface area contributed by atoms with Crippen molar-refractivity contribution in [2.45, 2.75) is 20.4 Å². The fraction of sp³-hybridized carbons (Fsp3) is 0.308. The molecule has 0 bridgehead atoms. The molecule has 90 valence electrons. The Morgan fingerprint density at radius 1 is 1.41 bits per heavy atom. The van der Waals surface area contributed by atoms with Crippen LogP contribution >= 0.6 is 11.3 Å². The van der Waals surface area contributed by atoms with Gasteiger partial charge in [0.15, 0.2) is 0 Å². The van der Waals surface area contributed by atoms with Crippen molar-refractivity contribution in [2.75, 3.05) is 6.54 Å². The lowest BCUT2D eigenvalue weighted by Gasteiger charge is -1.99. The van der Waals surface area contributed by atoms with Gasteiger partial charge < -0.3 is 5.32 Å². The minimum Gasteiger partial charge on any atom is -0.312 e. The first-order valence-corrected chi connectivity index (χ1v) is 6.44. The molecule has 0 saturated heterocycles. The van der Waals surface area contributed by atoms with E-state index in [1.165, 1.54) is 10.9 Å². The van der Waals surface area contributed by atoms with E-state index in [-0.39, 0.29) is 5.82 Å². The predicted octanol–water partition coefficient (Wildman–Crippen LogP) is 3.37. The number of aromatic nitrogens is 1. The van der Waals surface area contributed by atoms with Crippen molar-refractivity contribution in [2.24, 2.45) is 0 Å². The Morgan fingerprint density at radius 2 is 2.24 bits per heavy atom. The monoisotopic (exact) mass is 250 g/mol. The molecular weight excluding hydrogens is 235 g/mol. The quantitative estimate of drug-likeness (QED) is 0.900. The first kappa shape index (κ1) is 12.2. The van der Waals surface area contributed by atoms with Crippen molar-refractivity contribution >= 4 is 11.3 Å². The number of benzene rings is 1. The van der Waals surface area contributed by atoms with E-state index >= 15 is 0 Å². The Morgan fingerprint density at radius 3 is 2.94 bits per heavy atom. The molecule has 2 nitrogen and oxygen atoms in total. The largest absolute Gasteiger partial charge is 0.312 e. The van der Waals surface area contributed by atoms with E-state index in [9.17, 15) is 4.39 Å². The molecule has 1 N–H and O–H groups in total. The van der Waals surface area contributed by atoms with E-state index in [1.54, 1.807) is 24.3 Å². The molecule has 1 aromatic heterocycles. The lowest BCUT2D eigenvalue weighted by atomic mass is 10.1. The summed E-state index contributed by atoms with van der Waals surface area (Å²) in [6.07, 6.45) is 1.88. The number of hydrogen-bond acceptors (Lipinski definition) is 3.